The van der Waals surface area contributed by atoms with Gasteiger partial charge in [-0.15, -0.1) is 0 Å². The Balaban J connectivity index is 3.05. The Hall–Kier alpha value is -1.26. The quantitative estimate of drug-likeness (QED) is 0.807. The Kier molecular flexibility index (Phi) is 4.78. The number of nitrogen functional groups attached to an aromatic ring is 1. The summed E-state index contributed by atoms with van der Waals surface area (Å²) in [5, 5.41) is 9.32. The molecule has 0 unspecified atom stereocenters. The van der Waals surface area contributed by atoms with Gasteiger partial charge in [-0.1, -0.05) is 17.7 Å². The van der Waals surface area contributed by atoms with E-state index in [0.29, 0.717) is 10.6 Å². The Labute approximate surface area is 106 Å². The number of rotatable bonds is 4. The van der Waals surface area contributed by atoms with Crippen molar-refractivity contribution >= 4 is 23.2 Å². The molecule has 0 radical (unpaired) electrons. The molecule has 0 spiro atoms. The maximum atomic E-state index is 12.2. The highest BCUT2D eigenvalue weighted by molar-refractivity contribution is 6.33. The van der Waals surface area contributed by atoms with Crippen molar-refractivity contribution in [2.24, 2.45) is 0 Å². The first-order chi connectivity index (χ1) is 7.99. The summed E-state index contributed by atoms with van der Waals surface area (Å²) in [6.07, 6.45) is 0. The third kappa shape index (κ3) is 3.11. The van der Waals surface area contributed by atoms with Crippen molar-refractivity contribution in [1.29, 1.82) is 0 Å². The fourth-order valence-electron chi connectivity index (χ4n) is 1.58. The van der Waals surface area contributed by atoms with E-state index in [0.717, 1.165) is 0 Å². The molecule has 0 saturated heterocycles. The second-order valence-electron chi connectivity index (χ2n) is 4.02. The van der Waals surface area contributed by atoms with Crippen molar-refractivity contribution in [2.45, 2.75) is 19.9 Å². The molecule has 0 aromatic heterocycles. The summed E-state index contributed by atoms with van der Waals surface area (Å²) < 4.78 is 0. The molecule has 0 aliphatic rings. The van der Waals surface area contributed by atoms with Gasteiger partial charge in [0.15, 0.2) is 0 Å². The predicted octanol–water partition coefficient (Wildman–Crippen LogP) is 1.77. The van der Waals surface area contributed by atoms with Crippen molar-refractivity contribution in [2.75, 3.05) is 18.9 Å². The molecule has 4 nitrogen and oxygen atoms in total. The van der Waals surface area contributed by atoms with E-state index >= 15 is 0 Å². The number of aliphatic hydroxyl groups is 1. The Morgan fingerprint density at radius 1 is 1.53 bits per heavy atom. The zero-order valence-corrected chi connectivity index (χ0v) is 10.7. The van der Waals surface area contributed by atoms with E-state index in [4.69, 9.17) is 22.4 Å². The minimum atomic E-state index is -0.214. The number of nitrogens with zero attached hydrogens (tertiary/aromatic N) is 1. The fourth-order valence-corrected chi connectivity index (χ4v) is 1.75. The van der Waals surface area contributed by atoms with Crippen LogP contribution in [0.2, 0.25) is 5.02 Å². The third-order valence-corrected chi connectivity index (χ3v) is 2.84. The van der Waals surface area contributed by atoms with Crippen LogP contribution in [0.15, 0.2) is 18.2 Å². The molecule has 5 heteroatoms. The van der Waals surface area contributed by atoms with Gasteiger partial charge in [-0.25, -0.2) is 0 Å². The second-order valence-corrected chi connectivity index (χ2v) is 4.42. The lowest BCUT2D eigenvalue weighted by molar-refractivity contribution is 0.0666. The molecule has 0 fully saturated rings. The largest absolute Gasteiger partial charge is 0.397 e. The number of anilines is 1. The molecule has 1 aromatic rings. The number of hydrogen-bond acceptors (Lipinski definition) is 3. The summed E-state index contributed by atoms with van der Waals surface area (Å²) in [4.78, 5) is 13.8. The van der Waals surface area contributed by atoms with Crippen LogP contribution < -0.4 is 5.73 Å². The summed E-state index contributed by atoms with van der Waals surface area (Å²) in [6.45, 7) is 3.97. The number of nitrogens with two attached hydrogens (primary N) is 1. The van der Waals surface area contributed by atoms with Crippen LogP contribution >= 0.6 is 11.6 Å². The number of amides is 1. The van der Waals surface area contributed by atoms with Crippen LogP contribution in [0.1, 0.15) is 24.2 Å². The molecule has 0 aliphatic carbocycles. The molecular weight excluding hydrogens is 240 g/mol. The lowest BCUT2D eigenvalue weighted by Gasteiger charge is -2.26. The molecule has 1 aromatic carbocycles. The third-order valence-electron chi connectivity index (χ3n) is 2.51. The van der Waals surface area contributed by atoms with Crippen LogP contribution in [0.25, 0.3) is 0 Å². The highest BCUT2D eigenvalue weighted by Crippen LogP contribution is 2.24. The number of carbonyl (C=O) groups is 1. The molecule has 0 atom stereocenters. The lowest BCUT2D eigenvalue weighted by Crippen LogP contribution is -2.39. The topological polar surface area (TPSA) is 66.6 Å². The number of para-hydroxylation sites is 1. The highest BCUT2D eigenvalue weighted by atomic mass is 35.5. The van der Waals surface area contributed by atoms with Crippen LogP contribution in [-0.2, 0) is 0 Å². The summed E-state index contributed by atoms with van der Waals surface area (Å²) >= 11 is 5.87. The average Bonchev–Trinajstić information content (AvgIpc) is 2.28. The highest BCUT2D eigenvalue weighted by Gasteiger charge is 2.20. The van der Waals surface area contributed by atoms with E-state index in [9.17, 15) is 4.79 Å². The minimum absolute atomic E-state index is 0.00645. The van der Waals surface area contributed by atoms with Crippen LogP contribution in [-0.4, -0.2) is 35.1 Å². The first-order valence-electron chi connectivity index (χ1n) is 5.44. The van der Waals surface area contributed by atoms with Crippen molar-refractivity contribution < 1.29 is 9.90 Å². The van der Waals surface area contributed by atoms with Gasteiger partial charge in [-0.3, -0.25) is 4.79 Å². The van der Waals surface area contributed by atoms with Gasteiger partial charge in [0.1, 0.15) is 0 Å². The normalized spacial score (nSPS) is 10.6. The predicted molar refractivity (Wildman–Crippen MR) is 69.1 cm³/mol. The molecule has 3 N–H and O–H groups in total. The van der Waals surface area contributed by atoms with Crippen LogP contribution in [0.4, 0.5) is 5.69 Å². The van der Waals surface area contributed by atoms with E-state index in [2.05, 4.69) is 0 Å². The van der Waals surface area contributed by atoms with Gasteiger partial charge in [-0.2, -0.15) is 0 Å². The molecule has 0 bridgehead atoms. The molecular formula is C12H17ClN2O2. The van der Waals surface area contributed by atoms with Crippen LogP contribution in [0.5, 0.6) is 0 Å². The number of carbonyl (C=O) groups excluding carboxylic acids is 1. The monoisotopic (exact) mass is 256 g/mol. The minimum Gasteiger partial charge on any atom is -0.397 e. The first-order valence-corrected chi connectivity index (χ1v) is 5.82. The smallest absolute Gasteiger partial charge is 0.256 e. The molecule has 0 aliphatic heterocycles. The van der Waals surface area contributed by atoms with Crippen molar-refractivity contribution in [1.82, 2.24) is 4.90 Å². The molecule has 0 heterocycles. The average molecular weight is 257 g/mol. The Morgan fingerprint density at radius 3 is 2.71 bits per heavy atom. The standard InChI is InChI=1S/C12H17ClN2O2/c1-8(2)15(6-7-16)12(17)9-4-3-5-10(13)11(9)14/h3-5,8,16H,6-7,14H2,1-2H3. The van der Waals surface area contributed by atoms with Crippen molar-refractivity contribution in [3.8, 4) is 0 Å². The van der Waals surface area contributed by atoms with Gasteiger partial charge in [0.25, 0.3) is 5.91 Å². The SMILES string of the molecule is CC(C)N(CCO)C(=O)c1cccc(Cl)c1N. The molecule has 1 rings (SSSR count). The van der Waals surface area contributed by atoms with Gasteiger partial charge in [0, 0.05) is 12.6 Å². The molecule has 0 saturated carbocycles. The Morgan fingerprint density at radius 2 is 2.18 bits per heavy atom. The number of hydrogen-bond donors (Lipinski definition) is 2. The zero-order valence-electron chi connectivity index (χ0n) is 9.98. The first kappa shape index (κ1) is 13.8. The summed E-state index contributed by atoms with van der Waals surface area (Å²) in [6, 6.07) is 4.95. The van der Waals surface area contributed by atoms with Crippen molar-refractivity contribution in [3.63, 3.8) is 0 Å². The molecule has 1 amide bonds. The van der Waals surface area contributed by atoms with Gasteiger partial charge in [-0.05, 0) is 26.0 Å². The van der Waals surface area contributed by atoms with Gasteiger partial charge < -0.3 is 15.7 Å². The van der Waals surface area contributed by atoms with Crippen molar-refractivity contribution in [3.05, 3.63) is 28.8 Å². The van der Waals surface area contributed by atoms with E-state index in [1.807, 2.05) is 13.8 Å². The lowest BCUT2D eigenvalue weighted by atomic mass is 10.1. The second kappa shape index (κ2) is 5.89. The number of benzene rings is 1. The van der Waals surface area contributed by atoms with Gasteiger partial charge >= 0.3 is 0 Å². The van der Waals surface area contributed by atoms with Crippen LogP contribution in [0, 0.1) is 0 Å². The number of halogens is 1. The van der Waals surface area contributed by atoms with Gasteiger partial charge in [0.05, 0.1) is 22.9 Å². The summed E-state index contributed by atoms with van der Waals surface area (Å²) in [5.74, 6) is -0.214. The maximum Gasteiger partial charge on any atom is 0.256 e. The Bertz CT molecular complexity index is 407. The van der Waals surface area contributed by atoms with Crippen LogP contribution in [0.3, 0.4) is 0 Å². The number of aliphatic hydroxyl groups excluding tert-OH is 1. The molecule has 17 heavy (non-hydrogen) atoms. The maximum absolute atomic E-state index is 12.2. The summed E-state index contributed by atoms with van der Waals surface area (Å²) in [5.41, 5.74) is 6.43. The summed E-state index contributed by atoms with van der Waals surface area (Å²) in [7, 11) is 0. The van der Waals surface area contributed by atoms with E-state index < -0.39 is 0 Å². The van der Waals surface area contributed by atoms with E-state index in [1.165, 1.54) is 0 Å². The van der Waals surface area contributed by atoms with E-state index in [1.54, 1.807) is 23.1 Å². The van der Waals surface area contributed by atoms with E-state index in [-0.39, 0.29) is 30.8 Å². The molecule has 94 valence electrons. The zero-order chi connectivity index (χ0) is 13.0. The van der Waals surface area contributed by atoms with Gasteiger partial charge in [0.2, 0.25) is 0 Å². The fraction of sp³-hybridized carbons (Fsp3) is 0.417.